The van der Waals surface area contributed by atoms with Gasteiger partial charge in [-0.15, -0.1) is 11.8 Å². The number of aliphatic carboxylic acids is 1. The van der Waals surface area contributed by atoms with Gasteiger partial charge < -0.3 is 9.84 Å². The molecule has 1 unspecified atom stereocenters. The Balaban J connectivity index is 1.84. The molecule has 1 aromatic rings. The lowest BCUT2D eigenvalue weighted by molar-refractivity contribution is -0.136. The van der Waals surface area contributed by atoms with Crippen molar-refractivity contribution < 1.29 is 14.6 Å². The van der Waals surface area contributed by atoms with Crippen LogP contribution < -0.4 is 0 Å². The van der Waals surface area contributed by atoms with E-state index < -0.39 is 5.97 Å². The zero-order valence-corrected chi connectivity index (χ0v) is 11.8. The predicted octanol–water partition coefficient (Wildman–Crippen LogP) is 2.84. The first-order valence-corrected chi connectivity index (χ1v) is 7.76. The van der Waals surface area contributed by atoms with Crippen LogP contribution in [0, 0.1) is 5.92 Å². The lowest BCUT2D eigenvalue weighted by atomic mass is 10.0. The van der Waals surface area contributed by atoms with Crippen LogP contribution in [0.25, 0.3) is 0 Å². The fourth-order valence-corrected chi connectivity index (χ4v) is 3.50. The van der Waals surface area contributed by atoms with Crippen LogP contribution in [0.15, 0.2) is 30.3 Å². The van der Waals surface area contributed by atoms with E-state index in [0.717, 1.165) is 37.4 Å². The summed E-state index contributed by atoms with van der Waals surface area (Å²) in [6.45, 7) is 1.64. The smallest absolute Gasteiger partial charge is 0.316 e. The molecule has 0 radical (unpaired) electrons. The normalized spacial score (nSPS) is 18.1. The van der Waals surface area contributed by atoms with Crippen LogP contribution >= 0.6 is 11.8 Å². The van der Waals surface area contributed by atoms with Gasteiger partial charge in [0.25, 0.3) is 0 Å². The zero-order valence-electron chi connectivity index (χ0n) is 11.0. The van der Waals surface area contributed by atoms with Gasteiger partial charge in [-0.05, 0) is 36.5 Å². The monoisotopic (exact) mass is 280 g/mol. The maximum Gasteiger partial charge on any atom is 0.316 e. The summed E-state index contributed by atoms with van der Waals surface area (Å²) >= 11 is 1.58. The van der Waals surface area contributed by atoms with Gasteiger partial charge in [-0.2, -0.15) is 0 Å². The predicted molar refractivity (Wildman–Crippen MR) is 77.6 cm³/mol. The first kappa shape index (κ1) is 14.4. The maximum absolute atomic E-state index is 11.3. The van der Waals surface area contributed by atoms with Gasteiger partial charge in [0.05, 0.1) is 0 Å². The maximum atomic E-state index is 11.3. The second-order valence-corrected chi connectivity index (χ2v) is 6.14. The van der Waals surface area contributed by atoms with E-state index in [0.29, 0.717) is 12.3 Å². The lowest BCUT2D eigenvalue weighted by Crippen LogP contribution is -2.23. The molecule has 0 aromatic heterocycles. The van der Waals surface area contributed by atoms with Gasteiger partial charge in [-0.1, -0.05) is 30.3 Å². The van der Waals surface area contributed by atoms with Crippen molar-refractivity contribution in [2.24, 2.45) is 5.92 Å². The highest BCUT2D eigenvalue weighted by Gasteiger charge is 2.21. The number of carboxylic acid groups (broad SMARTS) is 1. The van der Waals surface area contributed by atoms with Crippen molar-refractivity contribution in [3.63, 3.8) is 0 Å². The molecule has 4 heteroatoms. The van der Waals surface area contributed by atoms with E-state index in [-0.39, 0.29) is 5.25 Å². The summed E-state index contributed by atoms with van der Waals surface area (Å²) < 4.78 is 5.32. The molecule has 0 saturated carbocycles. The Morgan fingerprint density at radius 2 is 2.00 bits per heavy atom. The van der Waals surface area contributed by atoms with Crippen molar-refractivity contribution >= 4 is 17.7 Å². The van der Waals surface area contributed by atoms with E-state index >= 15 is 0 Å². The van der Waals surface area contributed by atoms with Crippen molar-refractivity contribution in [1.82, 2.24) is 0 Å². The minimum absolute atomic E-state index is 0.342. The van der Waals surface area contributed by atoms with E-state index in [9.17, 15) is 9.90 Å². The van der Waals surface area contributed by atoms with Crippen LogP contribution in [0.4, 0.5) is 0 Å². The number of carboxylic acids is 1. The van der Waals surface area contributed by atoms with Gasteiger partial charge in [0, 0.05) is 13.2 Å². The summed E-state index contributed by atoms with van der Waals surface area (Å²) in [5.41, 5.74) is 1.09. The molecule has 1 saturated heterocycles. The molecule has 104 valence electrons. The summed E-state index contributed by atoms with van der Waals surface area (Å²) in [5, 5.41) is 8.98. The van der Waals surface area contributed by atoms with E-state index in [1.54, 1.807) is 11.8 Å². The fourth-order valence-electron chi connectivity index (χ4n) is 2.21. The van der Waals surface area contributed by atoms with Crippen LogP contribution in [0.5, 0.6) is 0 Å². The quantitative estimate of drug-likeness (QED) is 0.870. The highest BCUT2D eigenvalue weighted by Crippen LogP contribution is 2.25. The molecule has 19 heavy (non-hydrogen) atoms. The summed E-state index contributed by atoms with van der Waals surface area (Å²) in [6, 6.07) is 9.85. The Hall–Kier alpha value is -1.00. The molecule has 1 fully saturated rings. The average molecular weight is 280 g/mol. The number of hydrogen-bond donors (Lipinski definition) is 1. The van der Waals surface area contributed by atoms with Crippen molar-refractivity contribution in [1.29, 1.82) is 0 Å². The van der Waals surface area contributed by atoms with Gasteiger partial charge >= 0.3 is 5.97 Å². The number of benzene rings is 1. The Morgan fingerprint density at radius 1 is 1.32 bits per heavy atom. The van der Waals surface area contributed by atoms with Crippen LogP contribution in [-0.2, 0) is 16.0 Å². The summed E-state index contributed by atoms with van der Waals surface area (Å²) in [5.74, 6) is 0.824. The van der Waals surface area contributed by atoms with Crippen LogP contribution in [0.1, 0.15) is 18.4 Å². The molecule has 1 atom stereocenters. The molecule has 0 amide bonds. The van der Waals surface area contributed by atoms with Crippen molar-refractivity contribution in [3.8, 4) is 0 Å². The number of carbonyl (C=O) groups is 1. The molecular formula is C15H20O3S. The van der Waals surface area contributed by atoms with Crippen LogP contribution in [0.3, 0.4) is 0 Å². The third kappa shape index (κ3) is 4.88. The number of ether oxygens (including phenoxy) is 1. The largest absolute Gasteiger partial charge is 0.480 e. The van der Waals surface area contributed by atoms with Crippen LogP contribution in [0.2, 0.25) is 0 Å². The summed E-state index contributed by atoms with van der Waals surface area (Å²) in [6.07, 6.45) is 2.72. The van der Waals surface area contributed by atoms with Gasteiger partial charge in [-0.3, -0.25) is 4.79 Å². The van der Waals surface area contributed by atoms with Crippen molar-refractivity contribution in [2.45, 2.75) is 24.5 Å². The lowest BCUT2D eigenvalue weighted by Gasteiger charge is -2.23. The molecule has 1 aliphatic heterocycles. The molecule has 0 bridgehead atoms. The molecule has 0 spiro atoms. The van der Waals surface area contributed by atoms with E-state index in [2.05, 4.69) is 0 Å². The highest BCUT2D eigenvalue weighted by atomic mass is 32.2. The third-order valence-electron chi connectivity index (χ3n) is 3.41. The Morgan fingerprint density at radius 3 is 2.63 bits per heavy atom. The standard InChI is InChI=1S/C15H20O3S/c16-15(17)14(10-12-4-2-1-3-5-12)19-11-13-6-8-18-9-7-13/h1-5,13-14H,6-11H2,(H,16,17). The summed E-state index contributed by atoms with van der Waals surface area (Å²) in [4.78, 5) is 11.3. The molecular weight excluding hydrogens is 260 g/mol. The topological polar surface area (TPSA) is 46.5 Å². The number of hydrogen-bond acceptors (Lipinski definition) is 3. The molecule has 1 aromatic carbocycles. The van der Waals surface area contributed by atoms with Crippen molar-refractivity contribution in [2.75, 3.05) is 19.0 Å². The van der Waals surface area contributed by atoms with Gasteiger partial charge in [0.1, 0.15) is 5.25 Å². The van der Waals surface area contributed by atoms with Gasteiger partial charge in [-0.25, -0.2) is 0 Å². The molecule has 1 aliphatic rings. The second kappa shape index (κ2) is 7.56. The third-order valence-corrected chi connectivity index (χ3v) is 4.85. The fraction of sp³-hybridized carbons (Fsp3) is 0.533. The minimum Gasteiger partial charge on any atom is -0.480 e. The average Bonchev–Trinajstić information content (AvgIpc) is 2.45. The SMILES string of the molecule is O=C(O)C(Cc1ccccc1)SCC1CCOCC1. The second-order valence-electron chi connectivity index (χ2n) is 4.91. The molecule has 3 nitrogen and oxygen atoms in total. The number of rotatable bonds is 6. The van der Waals surface area contributed by atoms with Crippen LogP contribution in [-0.4, -0.2) is 35.3 Å². The van der Waals surface area contributed by atoms with Gasteiger partial charge in [0.15, 0.2) is 0 Å². The first-order chi connectivity index (χ1) is 9.25. The first-order valence-electron chi connectivity index (χ1n) is 6.72. The van der Waals surface area contributed by atoms with E-state index in [1.165, 1.54) is 0 Å². The molecule has 1 heterocycles. The van der Waals surface area contributed by atoms with E-state index in [1.807, 2.05) is 30.3 Å². The van der Waals surface area contributed by atoms with E-state index in [4.69, 9.17) is 4.74 Å². The molecule has 1 N–H and O–H groups in total. The zero-order chi connectivity index (χ0) is 13.5. The Labute approximate surface area is 118 Å². The Bertz CT molecular complexity index is 388. The van der Waals surface area contributed by atoms with Gasteiger partial charge in [0.2, 0.25) is 0 Å². The highest BCUT2D eigenvalue weighted by molar-refractivity contribution is 8.00. The van der Waals surface area contributed by atoms with Crippen molar-refractivity contribution in [3.05, 3.63) is 35.9 Å². The molecule has 2 rings (SSSR count). The number of thioether (sulfide) groups is 1. The minimum atomic E-state index is -0.707. The molecule has 0 aliphatic carbocycles. The Kier molecular flexibility index (Phi) is 5.73. The summed E-state index contributed by atoms with van der Waals surface area (Å²) in [7, 11) is 0.